The first-order valence-corrected chi connectivity index (χ1v) is 5.74. The van der Waals surface area contributed by atoms with Crippen molar-refractivity contribution in [2.75, 3.05) is 6.54 Å². The molecule has 1 heterocycles. The van der Waals surface area contributed by atoms with Crippen LogP contribution in [0.25, 0.3) is 0 Å². The first-order valence-electron chi connectivity index (χ1n) is 5.74. The first-order chi connectivity index (χ1) is 8.09. The zero-order valence-electron chi connectivity index (χ0n) is 9.84. The van der Waals surface area contributed by atoms with Crippen molar-refractivity contribution in [2.24, 2.45) is 0 Å². The monoisotopic (exact) mass is 230 g/mol. The van der Waals surface area contributed by atoms with Crippen LogP contribution in [0.5, 0.6) is 0 Å². The van der Waals surface area contributed by atoms with Gasteiger partial charge in [-0.15, -0.1) is 0 Å². The minimum Gasteiger partial charge on any atom is -0.394 e. The lowest BCUT2D eigenvalue weighted by atomic mass is 10.0. The number of hydrogen-bond acceptors (Lipinski definition) is 3. The summed E-state index contributed by atoms with van der Waals surface area (Å²) in [5.74, 6) is 0.270. The zero-order chi connectivity index (χ0) is 12.4. The Morgan fingerprint density at radius 1 is 1.71 bits per heavy atom. The highest BCUT2D eigenvalue weighted by Crippen LogP contribution is 2.42. The third kappa shape index (κ3) is 2.85. The number of rotatable bonds is 4. The summed E-state index contributed by atoms with van der Waals surface area (Å²) in [4.78, 5) is 16.1. The minimum absolute atomic E-state index is 0.0980. The van der Waals surface area contributed by atoms with E-state index in [9.17, 15) is 9.90 Å². The maximum atomic E-state index is 11.0. The molecule has 0 spiro atoms. The summed E-state index contributed by atoms with van der Waals surface area (Å²) in [6.45, 7) is 1.47. The predicted molar refractivity (Wildman–Crippen MR) is 64.3 cm³/mol. The number of aliphatic hydroxyl groups is 1. The van der Waals surface area contributed by atoms with E-state index in [1.54, 1.807) is 12.4 Å². The summed E-state index contributed by atoms with van der Waals surface area (Å²) >= 11 is 0. The lowest BCUT2D eigenvalue weighted by Crippen LogP contribution is -2.30. The van der Waals surface area contributed by atoms with Gasteiger partial charge in [0, 0.05) is 31.4 Å². The summed E-state index contributed by atoms with van der Waals surface area (Å²) in [6, 6.07) is 1.94. The third-order valence-electron chi connectivity index (χ3n) is 3.04. The Kier molecular flexibility index (Phi) is 3.47. The number of hydrogen-bond donors (Lipinski definition) is 1. The Morgan fingerprint density at radius 2 is 2.41 bits per heavy atom. The normalized spacial score (nSPS) is 16.6. The van der Waals surface area contributed by atoms with E-state index in [1.165, 1.54) is 6.92 Å². The third-order valence-corrected chi connectivity index (χ3v) is 3.04. The molecule has 1 aromatic heterocycles. The van der Waals surface area contributed by atoms with Gasteiger partial charge in [-0.25, -0.2) is 0 Å². The van der Waals surface area contributed by atoms with Gasteiger partial charge in [-0.1, -0.05) is 0 Å². The van der Waals surface area contributed by atoms with Gasteiger partial charge in [0.15, 0.2) is 0 Å². The minimum atomic E-state index is -0.770. The molecule has 1 unspecified atom stereocenters. The highest BCUT2D eigenvalue weighted by atomic mass is 16.3. The van der Waals surface area contributed by atoms with E-state index < -0.39 is 6.10 Å². The molecule has 0 bridgehead atoms. The van der Waals surface area contributed by atoms with Crippen LogP contribution in [0.3, 0.4) is 0 Å². The topological polar surface area (TPSA) is 53.4 Å². The number of pyridine rings is 1. The largest absolute Gasteiger partial charge is 0.394 e. The van der Waals surface area contributed by atoms with Gasteiger partial charge in [0.05, 0.1) is 6.10 Å². The molecule has 5 heteroatoms. The number of nitrogens with zero attached hydrogens (tertiary/aromatic N) is 2. The second kappa shape index (κ2) is 4.88. The number of carbonyl (C=O) groups excluding carboxylic acids is 1. The quantitative estimate of drug-likeness (QED) is 0.782. The SMILES string of the molecule is [B]N(CC(O)c1cnccc1C1CC1)C(C)=O. The molecule has 1 aromatic rings. The molecule has 2 rings (SSSR count). The maximum absolute atomic E-state index is 11.0. The fraction of sp³-hybridized carbons (Fsp3) is 0.500. The van der Waals surface area contributed by atoms with Gasteiger partial charge in [0.2, 0.25) is 13.9 Å². The van der Waals surface area contributed by atoms with Gasteiger partial charge in [-0.05, 0) is 30.4 Å². The van der Waals surface area contributed by atoms with Crippen LogP contribution in [0, 0.1) is 0 Å². The molecular weight excluding hydrogens is 215 g/mol. The van der Waals surface area contributed by atoms with Gasteiger partial charge in [-0.2, -0.15) is 0 Å². The van der Waals surface area contributed by atoms with Crippen molar-refractivity contribution >= 4 is 13.9 Å². The molecule has 4 nitrogen and oxygen atoms in total. The van der Waals surface area contributed by atoms with Crippen molar-refractivity contribution in [1.29, 1.82) is 0 Å². The van der Waals surface area contributed by atoms with Crippen molar-refractivity contribution < 1.29 is 9.90 Å². The molecule has 2 radical (unpaired) electrons. The molecule has 1 saturated carbocycles. The Labute approximate surface area is 102 Å². The molecule has 1 atom stereocenters. The molecular formula is C12H15BN2O2. The predicted octanol–water partition coefficient (Wildman–Crippen LogP) is 0.924. The summed E-state index contributed by atoms with van der Waals surface area (Å²) in [5.41, 5.74) is 1.91. The number of aromatic nitrogens is 1. The summed E-state index contributed by atoms with van der Waals surface area (Å²) < 4.78 is 0. The van der Waals surface area contributed by atoms with E-state index in [2.05, 4.69) is 4.98 Å². The van der Waals surface area contributed by atoms with Crippen LogP contribution >= 0.6 is 0 Å². The average Bonchev–Trinajstić information content (AvgIpc) is 3.12. The second-order valence-corrected chi connectivity index (χ2v) is 4.47. The smallest absolute Gasteiger partial charge is 0.230 e. The van der Waals surface area contributed by atoms with Crippen molar-refractivity contribution in [2.45, 2.75) is 31.8 Å². The molecule has 1 amide bonds. The van der Waals surface area contributed by atoms with Crippen LogP contribution in [-0.2, 0) is 4.79 Å². The Hall–Kier alpha value is -1.36. The van der Waals surface area contributed by atoms with E-state index in [-0.39, 0.29) is 12.5 Å². The van der Waals surface area contributed by atoms with Gasteiger partial charge < -0.3 is 9.92 Å². The molecule has 1 aliphatic rings. The Balaban J connectivity index is 2.13. The van der Waals surface area contributed by atoms with E-state index in [4.69, 9.17) is 7.98 Å². The highest BCUT2D eigenvalue weighted by Gasteiger charge is 2.28. The van der Waals surface area contributed by atoms with Crippen molar-refractivity contribution in [3.05, 3.63) is 29.6 Å². The number of aliphatic hydroxyl groups excluding tert-OH is 1. The van der Waals surface area contributed by atoms with Crippen LogP contribution in [0.1, 0.15) is 42.9 Å². The van der Waals surface area contributed by atoms with E-state index in [1.807, 2.05) is 6.07 Å². The van der Waals surface area contributed by atoms with Crippen LogP contribution in [0.4, 0.5) is 0 Å². The van der Waals surface area contributed by atoms with E-state index >= 15 is 0 Å². The number of amides is 1. The second-order valence-electron chi connectivity index (χ2n) is 4.47. The molecule has 0 aliphatic heterocycles. The summed E-state index contributed by atoms with van der Waals surface area (Å²) in [5, 5.41) is 10.1. The summed E-state index contributed by atoms with van der Waals surface area (Å²) in [6.07, 6.45) is 4.93. The van der Waals surface area contributed by atoms with Crippen LogP contribution in [0.2, 0.25) is 0 Å². The lowest BCUT2D eigenvalue weighted by molar-refractivity contribution is -0.125. The Morgan fingerprint density at radius 3 is 3.00 bits per heavy atom. The Bertz CT molecular complexity index is 421. The van der Waals surface area contributed by atoms with Crippen LogP contribution in [-0.4, -0.2) is 35.3 Å². The molecule has 1 aliphatic carbocycles. The molecule has 1 N–H and O–H groups in total. The molecule has 1 fully saturated rings. The van der Waals surface area contributed by atoms with E-state index in [0.29, 0.717) is 5.92 Å². The van der Waals surface area contributed by atoms with Gasteiger partial charge in [0.25, 0.3) is 0 Å². The zero-order valence-corrected chi connectivity index (χ0v) is 9.84. The first kappa shape index (κ1) is 12.1. The molecule has 0 aromatic carbocycles. The van der Waals surface area contributed by atoms with Crippen molar-refractivity contribution in [1.82, 2.24) is 9.79 Å². The van der Waals surface area contributed by atoms with Gasteiger partial charge >= 0.3 is 0 Å². The maximum Gasteiger partial charge on any atom is 0.230 e. The average molecular weight is 230 g/mol. The highest BCUT2D eigenvalue weighted by molar-refractivity contribution is 6.13. The van der Waals surface area contributed by atoms with Crippen LogP contribution in [0.15, 0.2) is 18.5 Å². The van der Waals surface area contributed by atoms with Crippen molar-refractivity contribution in [3.63, 3.8) is 0 Å². The van der Waals surface area contributed by atoms with E-state index in [0.717, 1.165) is 28.8 Å². The fourth-order valence-electron chi connectivity index (χ4n) is 1.88. The van der Waals surface area contributed by atoms with Gasteiger partial charge in [0.1, 0.15) is 0 Å². The van der Waals surface area contributed by atoms with Crippen LogP contribution < -0.4 is 0 Å². The molecule has 17 heavy (non-hydrogen) atoms. The summed E-state index contributed by atoms with van der Waals surface area (Å²) in [7, 11) is 5.50. The lowest BCUT2D eigenvalue weighted by Gasteiger charge is -2.21. The number of carbonyl (C=O) groups is 1. The fourth-order valence-corrected chi connectivity index (χ4v) is 1.88. The molecule has 88 valence electrons. The van der Waals surface area contributed by atoms with Crippen molar-refractivity contribution in [3.8, 4) is 0 Å². The van der Waals surface area contributed by atoms with Gasteiger partial charge in [-0.3, -0.25) is 9.78 Å². The standard InChI is InChI=1S/C12H15BN2O2/c1-8(16)15(13)7-12(17)11-6-14-5-4-10(11)9-2-3-9/h4-6,9,12,17H,2-3,7H2,1H3. The molecule has 0 saturated heterocycles.